The van der Waals surface area contributed by atoms with Gasteiger partial charge in [-0.1, -0.05) is 12.1 Å². The van der Waals surface area contributed by atoms with Gasteiger partial charge in [-0.05, 0) is 38.1 Å². The molecule has 0 aliphatic rings. The van der Waals surface area contributed by atoms with Crippen molar-refractivity contribution >= 4 is 23.7 Å². The van der Waals surface area contributed by atoms with Gasteiger partial charge in [0.05, 0.1) is 18.5 Å². The van der Waals surface area contributed by atoms with Gasteiger partial charge in [0.2, 0.25) is 0 Å². The molecule has 7 heteroatoms. The highest BCUT2D eigenvalue weighted by molar-refractivity contribution is 6.39. The number of amides is 2. The maximum Gasteiger partial charge on any atom is 0.329 e. The lowest BCUT2D eigenvalue weighted by molar-refractivity contribution is -0.136. The quantitative estimate of drug-likeness (QED) is 0.502. The third-order valence-corrected chi connectivity index (χ3v) is 2.76. The van der Waals surface area contributed by atoms with Gasteiger partial charge in [-0.25, -0.2) is 5.43 Å². The average molecular weight is 315 g/mol. The zero-order chi connectivity index (χ0) is 16.7. The lowest BCUT2D eigenvalue weighted by Crippen LogP contribution is -2.32. The Morgan fingerprint density at radius 1 is 1.22 bits per heavy atom. The van der Waals surface area contributed by atoms with E-state index < -0.39 is 11.8 Å². The fourth-order valence-electron chi connectivity index (χ4n) is 1.76. The Bertz CT molecular complexity index is 722. The highest BCUT2D eigenvalue weighted by atomic mass is 16.5. The Hall–Kier alpha value is -3.09. The van der Waals surface area contributed by atoms with E-state index in [0.717, 1.165) is 5.76 Å². The van der Waals surface area contributed by atoms with Crippen molar-refractivity contribution in [1.82, 2.24) is 5.43 Å². The summed E-state index contributed by atoms with van der Waals surface area (Å²) >= 11 is 0. The van der Waals surface area contributed by atoms with Crippen molar-refractivity contribution in [2.45, 2.75) is 13.8 Å². The maximum atomic E-state index is 11.8. The minimum absolute atomic E-state index is 0.417. The van der Waals surface area contributed by atoms with Crippen molar-refractivity contribution in [3.05, 3.63) is 47.9 Å². The lowest BCUT2D eigenvalue weighted by Gasteiger charge is -2.10. The predicted molar refractivity (Wildman–Crippen MR) is 85.4 cm³/mol. The van der Waals surface area contributed by atoms with E-state index in [1.807, 2.05) is 6.92 Å². The number of carbonyl (C=O) groups excluding carboxylic acids is 2. The second-order valence-corrected chi connectivity index (χ2v) is 4.53. The van der Waals surface area contributed by atoms with Crippen molar-refractivity contribution < 1.29 is 18.7 Å². The number of hydrogen-bond acceptors (Lipinski definition) is 5. The Labute approximate surface area is 133 Å². The molecule has 0 spiro atoms. The summed E-state index contributed by atoms with van der Waals surface area (Å²) in [6.07, 6.45) is 1.31. The summed E-state index contributed by atoms with van der Waals surface area (Å²) in [5.74, 6) is -0.0422. The first kappa shape index (κ1) is 16.3. The SMILES string of the molecule is CCOc1ccccc1NC(=O)C(=O)N/N=C/c1ccc(C)o1. The van der Waals surface area contributed by atoms with E-state index in [0.29, 0.717) is 23.8 Å². The summed E-state index contributed by atoms with van der Waals surface area (Å²) in [7, 11) is 0. The van der Waals surface area contributed by atoms with Crippen LogP contribution in [0, 0.1) is 6.92 Å². The van der Waals surface area contributed by atoms with Crippen molar-refractivity contribution in [3.63, 3.8) is 0 Å². The first-order chi connectivity index (χ1) is 11.1. The number of rotatable bonds is 5. The Balaban J connectivity index is 1.92. The van der Waals surface area contributed by atoms with E-state index in [9.17, 15) is 9.59 Å². The van der Waals surface area contributed by atoms with Crippen LogP contribution in [0.15, 0.2) is 45.9 Å². The largest absolute Gasteiger partial charge is 0.492 e. The van der Waals surface area contributed by atoms with Crippen molar-refractivity contribution in [2.75, 3.05) is 11.9 Å². The van der Waals surface area contributed by atoms with Gasteiger partial charge in [0, 0.05) is 0 Å². The molecule has 0 saturated heterocycles. The van der Waals surface area contributed by atoms with Crippen LogP contribution in [0.3, 0.4) is 0 Å². The van der Waals surface area contributed by atoms with E-state index in [2.05, 4.69) is 15.8 Å². The second kappa shape index (κ2) is 7.79. The summed E-state index contributed by atoms with van der Waals surface area (Å²) < 4.78 is 10.6. The molecule has 0 saturated carbocycles. The number of ether oxygens (including phenoxy) is 1. The molecule has 2 N–H and O–H groups in total. The number of furan rings is 1. The lowest BCUT2D eigenvalue weighted by atomic mass is 10.3. The van der Waals surface area contributed by atoms with Crippen LogP contribution in [0.5, 0.6) is 5.75 Å². The van der Waals surface area contributed by atoms with Gasteiger partial charge >= 0.3 is 11.8 Å². The normalized spacial score (nSPS) is 10.5. The summed E-state index contributed by atoms with van der Waals surface area (Å²) in [6, 6.07) is 10.3. The van der Waals surface area contributed by atoms with Crippen LogP contribution in [0.1, 0.15) is 18.4 Å². The number of carbonyl (C=O) groups is 2. The molecule has 120 valence electrons. The maximum absolute atomic E-state index is 11.8. The number of nitrogens with one attached hydrogen (secondary N) is 2. The Morgan fingerprint density at radius 2 is 2.00 bits per heavy atom. The minimum atomic E-state index is -0.893. The molecule has 1 aromatic carbocycles. The number of benzene rings is 1. The van der Waals surface area contributed by atoms with E-state index >= 15 is 0 Å². The van der Waals surface area contributed by atoms with E-state index in [-0.39, 0.29) is 0 Å². The summed E-state index contributed by atoms with van der Waals surface area (Å²) in [4.78, 5) is 23.5. The van der Waals surface area contributed by atoms with Crippen LogP contribution in [0.4, 0.5) is 5.69 Å². The zero-order valence-electron chi connectivity index (χ0n) is 12.8. The van der Waals surface area contributed by atoms with Gasteiger partial charge in [0.25, 0.3) is 0 Å². The molecule has 0 atom stereocenters. The van der Waals surface area contributed by atoms with Crippen LogP contribution in [-0.4, -0.2) is 24.6 Å². The molecule has 0 aliphatic heterocycles. The summed E-state index contributed by atoms with van der Waals surface area (Å²) in [5.41, 5.74) is 2.55. The van der Waals surface area contributed by atoms with Crippen LogP contribution in [-0.2, 0) is 9.59 Å². The molecule has 2 rings (SSSR count). The molecule has 2 aromatic rings. The molecule has 0 aliphatic carbocycles. The number of hydrazone groups is 1. The first-order valence-corrected chi connectivity index (χ1v) is 7.02. The molecule has 7 nitrogen and oxygen atoms in total. The van der Waals surface area contributed by atoms with Gasteiger partial charge in [0.1, 0.15) is 17.3 Å². The molecule has 23 heavy (non-hydrogen) atoms. The van der Waals surface area contributed by atoms with Gasteiger partial charge in [-0.2, -0.15) is 5.10 Å². The number of anilines is 1. The average Bonchev–Trinajstić information content (AvgIpc) is 2.94. The highest BCUT2D eigenvalue weighted by Crippen LogP contribution is 2.23. The molecular weight excluding hydrogens is 298 g/mol. The van der Waals surface area contributed by atoms with Crippen LogP contribution >= 0.6 is 0 Å². The Morgan fingerprint density at radius 3 is 2.70 bits per heavy atom. The van der Waals surface area contributed by atoms with Gasteiger partial charge < -0.3 is 14.5 Å². The molecule has 2 amide bonds. The second-order valence-electron chi connectivity index (χ2n) is 4.53. The van der Waals surface area contributed by atoms with Crippen LogP contribution in [0.25, 0.3) is 0 Å². The topological polar surface area (TPSA) is 92.9 Å². The number of hydrogen-bond donors (Lipinski definition) is 2. The van der Waals surface area contributed by atoms with E-state index in [1.165, 1.54) is 6.21 Å². The minimum Gasteiger partial charge on any atom is -0.492 e. The fourth-order valence-corrected chi connectivity index (χ4v) is 1.76. The predicted octanol–water partition coefficient (Wildman–Crippen LogP) is 2.08. The van der Waals surface area contributed by atoms with Gasteiger partial charge in [0.15, 0.2) is 0 Å². The highest BCUT2D eigenvalue weighted by Gasteiger charge is 2.15. The molecule has 1 heterocycles. The number of aryl methyl sites for hydroxylation is 1. The number of nitrogens with zero attached hydrogens (tertiary/aromatic N) is 1. The molecule has 1 aromatic heterocycles. The van der Waals surface area contributed by atoms with Crippen LogP contribution in [0.2, 0.25) is 0 Å². The van der Waals surface area contributed by atoms with Crippen molar-refractivity contribution in [3.8, 4) is 5.75 Å². The molecule has 0 unspecified atom stereocenters. The molecular formula is C16H17N3O4. The Kier molecular flexibility index (Phi) is 5.51. The zero-order valence-corrected chi connectivity index (χ0v) is 12.8. The van der Waals surface area contributed by atoms with Crippen molar-refractivity contribution in [2.24, 2.45) is 5.10 Å². The van der Waals surface area contributed by atoms with Crippen LogP contribution < -0.4 is 15.5 Å². The van der Waals surface area contributed by atoms with Gasteiger partial charge in [-0.3, -0.25) is 9.59 Å². The third kappa shape index (κ3) is 4.70. The first-order valence-electron chi connectivity index (χ1n) is 7.02. The monoisotopic (exact) mass is 315 g/mol. The van der Waals surface area contributed by atoms with Crippen molar-refractivity contribution in [1.29, 1.82) is 0 Å². The van der Waals surface area contributed by atoms with Gasteiger partial charge in [-0.15, -0.1) is 0 Å². The fraction of sp³-hybridized carbons (Fsp3) is 0.188. The molecule has 0 bridgehead atoms. The standard InChI is InChI=1S/C16H17N3O4/c1-3-22-14-7-5-4-6-13(14)18-15(20)16(21)19-17-10-12-9-8-11(2)23-12/h4-10H,3H2,1-2H3,(H,18,20)(H,19,21)/b17-10+. The third-order valence-electron chi connectivity index (χ3n) is 2.76. The van der Waals surface area contributed by atoms with E-state index in [1.54, 1.807) is 43.3 Å². The summed E-state index contributed by atoms with van der Waals surface area (Å²) in [5, 5.41) is 6.14. The number of para-hydroxylation sites is 2. The van der Waals surface area contributed by atoms with E-state index in [4.69, 9.17) is 9.15 Å². The molecule has 0 fully saturated rings. The molecule has 0 radical (unpaired) electrons. The smallest absolute Gasteiger partial charge is 0.329 e. The summed E-state index contributed by atoms with van der Waals surface area (Å²) in [6.45, 7) is 4.07.